The summed E-state index contributed by atoms with van der Waals surface area (Å²) in [5.41, 5.74) is 1.43. The van der Waals surface area contributed by atoms with Gasteiger partial charge in [0.05, 0.1) is 0 Å². The van der Waals surface area contributed by atoms with Gasteiger partial charge >= 0.3 is 0 Å². The molecule has 0 radical (unpaired) electrons. The van der Waals surface area contributed by atoms with E-state index in [4.69, 9.17) is 4.74 Å². The second kappa shape index (κ2) is 9.49. The molecule has 2 aromatic carbocycles. The van der Waals surface area contributed by atoms with Gasteiger partial charge in [-0.3, -0.25) is 4.90 Å². The van der Waals surface area contributed by atoms with Gasteiger partial charge in [-0.15, -0.1) is 0 Å². The molecule has 2 aromatic rings. The summed E-state index contributed by atoms with van der Waals surface area (Å²) >= 11 is 0. The lowest BCUT2D eigenvalue weighted by Gasteiger charge is -2.25. The number of hydrogen-bond acceptors (Lipinski definition) is 3. The quantitative estimate of drug-likeness (QED) is 0.745. The van der Waals surface area contributed by atoms with Crippen LogP contribution in [0, 0.1) is 18.6 Å². The largest absolute Gasteiger partial charge is 0.491 e. The number of para-hydroxylation sites is 1. The van der Waals surface area contributed by atoms with E-state index in [9.17, 15) is 13.9 Å². The molecule has 25 heavy (non-hydrogen) atoms. The van der Waals surface area contributed by atoms with Crippen LogP contribution in [0.4, 0.5) is 8.78 Å². The first-order valence-corrected chi connectivity index (χ1v) is 8.52. The third-order valence-electron chi connectivity index (χ3n) is 3.94. The summed E-state index contributed by atoms with van der Waals surface area (Å²) < 4.78 is 32.5. The number of benzene rings is 2. The summed E-state index contributed by atoms with van der Waals surface area (Å²) in [6.45, 7) is 5.51. The van der Waals surface area contributed by atoms with Gasteiger partial charge in [0.15, 0.2) is 0 Å². The Kier molecular flexibility index (Phi) is 7.34. The van der Waals surface area contributed by atoms with Crippen LogP contribution in [0.2, 0.25) is 0 Å². The molecule has 0 spiro atoms. The van der Waals surface area contributed by atoms with E-state index in [2.05, 4.69) is 0 Å². The molecule has 0 heterocycles. The predicted molar refractivity (Wildman–Crippen MR) is 94.6 cm³/mol. The van der Waals surface area contributed by atoms with E-state index in [1.165, 1.54) is 12.1 Å². The highest BCUT2D eigenvalue weighted by Gasteiger charge is 2.15. The monoisotopic (exact) mass is 349 g/mol. The highest BCUT2D eigenvalue weighted by atomic mass is 19.1. The SMILES string of the molecule is CCCN(Cc1ccc(F)cc1F)CC(O)COc1ccccc1C. The highest BCUT2D eigenvalue weighted by Crippen LogP contribution is 2.17. The summed E-state index contributed by atoms with van der Waals surface area (Å²) in [4.78, 5) is 1.95. The molecule has 0 aliphatic heterocycles. The minimum atomic E-state index is -0.699. The Labute approximate surface area is 147 Å². The number of nitrogens with zero attached hydrogens (tertiary/aromatic N) is 1. The van der Waals surface area contributed by atoms with Gasteiger partial charge in [0.1, 0.15) is 30.1 Å². The Morgan fingerprint density at radius 3 is 2.60 bits per heavy atom. The maximum atomic E-state index is 13.8. The van der Waals surface area contributed by atoms with Gasteiger partial charge in [0.2, 0.25) is 0 Å². The van der Waals surface area contributed by atoms with Gasteiger partial charge < -0.3 is 9.84 Å². The van der Waals surface area contributed by atoms with E-state index >= 15 is 0 Å². The Hall–Kier alpha value is -1.98. The molecule has 5 heteroatoms. The second-order valence-electron chi connectivity index (χ2n) is 6.20. The first-order valence-electron chi connectivity index (χ1n) is 8.52. The van der Waals surface area contributed by atoms with Crippen LogP contribution >= 0.6 is 0 Å². The third-order valence-corrected chi connectivity index (χ3v) is 3.94. The van der Waals surface area contributed by atoms with Crippen molar-refractivity contribution in [2.75, 3.05) is 19.7 Å². The first-order chi connectivity index (χ1) is 12.0. The molecule has 0 saturated heterocycles. The zero-order valence-corrected chi connectivity index (χ0v) is 14.7. The second-order valence-corrected chi connectivity index (χ2v) is 6.20. The lowest BCUT2D eigenvalue weighted by Crippen LogP contribution is -2.36. The summed E-state index contributed by atoms with van der Waals surface area (Å²) in [7, 11) is 0. The van der Waals surface area contributed by atoms with Crippen LogP contribution in [0.25, 0.3) is 0 Å². The van der Waals surface area contributed by atoms with E-state index in [1.807, 2.05) is 43.0 Å². The standard InChI is InChI=1S/C20H25F2NO2/c1-3-10-23(12-16-8-9-17(21)11-19(16)22)13-18(24)14-25-20-7-5-4-6-15(20)2/h4-9,11,18,24H,3,10,12-14H2,1-2H3. The van der Waals surface area contributed by atoms with E-state index in [0.717, 1.165) is 23.8 Å². The van der Waals surface area contributed by atoms with Gasteiger partial charge in [0, 0.05) is 24.7 Å². The zero-order valence-electron chi connectivity index (χ0n) is 14.7. The summed E-state index contributed by atoms with van der Waals surface area (Å²) in [6.07, 6.45) is 0.170. The number of rotatable bonds is 9. The fourth-order valence-electron chi connectivity index (χ4n) is 2.70. The summed E-state index contributed by atoms with van der Waals surface area (Å²) in [5.74, 6) is -0.408. The molecule has 1 atom stereocenters. The van der Waals surface area contributed by atoms with Crippen molar-refractivity contribution in [3.63, 3.8) is 0 Å². The van der Waals surface area contributed by atoms with Crippen molar-refractivity contribution < 1.29 is 18.6 Å². The number of aliphatic hydroxyl groups excluding tert-OH is 1. The van der Waals surface area contributed by atoms with Gasteiger partial charge in [-0.2, -0.15) is 0 Å². The average Bonchev–Trinajstić information content (AvgIpc) is 2.57. The minimum Gasteiger partial charge on any atom is -0.491 e. The Bertz CT molecular complexity index is 678. The molecule has 0 aliphatic carbocycles. The van der Waals surface area contributed by atoms with Gasteiger partial charge in [-0.25, -0.2) is 8.78 Å². The van der Waals surface area contributed by atoms with Crippen molar-refractivity contribution in [3.05, 3.63) is 65.2 Å². The topological polar surface area (TPSA) is 32.7 Å². The third kappa shape index (κ3) is 6.11. The minimum absolute atomic E-state index is 0.164. The molecule has 0 fully saturated rings. The van der Waals surface area contributed by atoms with Crippen LogP contribution < -0.4 is 4.74 Å². The van der Waals surface area contributed by atoms with E-state index in [-0.39, 0.29) is 6.61 Å². The van der Waals surface area contributed by atoms with Crippen molar-refractivity contribution in [2.24, 2.45) is 0 Å². The van der Waals surface area contributed by atoms with Crippen LogP contribution in [0.15, 0.2) is 42.5 Å². The molecule has 0 amide bonds. The van der Waals surface area contributed by atoms with Crippen LogP contribution in [0.3, 0.4) is 0 Å². The zero-order chi connectivity index (χ0) is 18.2. The average molecular weight is 349 g/mol. The lowest BCUT2D eigenvalue weighted by molar-refractivity contribution is 0.0650. The van der Waals surface area contributed by atoms with Gasteiger partial charge in [-0.1, -0.05) is 31.2 Å². The normalized spacial score (nSPS) is 12.4. The number of hydrogen-bond donors (Lipinski definition) is 1. The van der Waals surface area contributed by atoms with Crippen LogP contribution in [-0.4, -0.2) is 35.8 Å². The lowest BCUT2D eigenvalue weighted by atomic mass is 10.1. The van der Waals surface area contributed by atoms with Crippen molar-refractivity contribution in [2.45, 2.75) is 32.9 Å². The molecule has 3 nitrogen and oxygen atoms in total. The first kappa shape index (κ1) is 19.3. The van der Waals surface area contributed by atoms with Crippen LogP contribution in [0.1, 0.15) is 24.5 Å². The molecule has 2 rings (SSSR count). The molecule has 1 N–H and O–H groups in total. The Morgan fingerprint density at radius 1 is 1.16 bits per heavy atom. The maximum absolute atomic E-state index is 13.8. The van der Waals surface area contributed by atoms with E-state index in [1.54, 1.807) is 0 Å². The molecular weight excluding hydrogens is 324 g/mol. The Morgan fingerprint density at radius 2 is 1.92 bits per heavy atom. The molecule has 0 saturated carbocycles. The molecule has 0 aliphatic rings. The molecule has 1 unspecified atom stereocenters. The smallest absolute Gasteiger partial charge is 0.130 e. The molecule has 0 bridgehead atoms. The van der Waals surface area contributed by atoms with Gasteiger partial charge in [0.25, 0.3) is 0 Å². The number of aliphatic hydroxyl groups is 1. The fourth-order valence-corrected chi connectivity index (χ4v) is 2.70. The fraction of sp³-hybridized carbons (Fsp3) is 0.400. The van der Waals surface area contributed by atoms with Crippen molar-refractivity contribution in [1.82, 2.24) is 4.90 Å². The Balaban J connectivity index is 1.92. The molecule has 0 aromatic heterocycles. The number of aryl methyl sites for hydroxylation is 1. The van der Waals surface area contributed by atoms with Gasteiger partial charge in [-0.05, 0) is 37.6 Å². The van der Waals surface area contributed by atoms with Crippen molar-refractivity contribution in [3.8, 4) is 5.75 Å². The summed E-state index contributed by atoms with van der Waals surface area (Å²) in [6, 6.07) is 11.2. The van der Waals surface area contributed by atoms with Crippen LogP contribution in [0.5, 0.6) is 5.75 Å². The molecule has 136 valence electrons. The highest BCUT2D eigenvalue weighted by molar-refractivity contribution is 5.31. The van der Waals surface area contributed by atoms with Crippen molar-refractivity contribution in [1.29, 1.82) is 0 Å². The van der Waals surface area contributed by atoms with E-state index in [0.29, 0.717) is 25.2 Å². The number of ether oxygens (including phenoxy) is 1. The van der Waals surface area contributed by atoms with E-state index < -0.39 is 17.7 Å². The number of halogens is 2. The molecular formula is C20H25F2NO2. The summed E-state index contributed by atoms with van der Waals surface area (Å²) in [5, 5.41) is 10.3. The van der Waals surface area contributed by atoms with Crippen LogP contribution in [-0.2, 0) is 6.54 Å². The van der Waals surface area contributed by atoms with Crippen molar-refractivity contribution >= 4 is 0 Å². The predicted octanol–water partition coefficient (Wildman–Crippen LogP) is 3.93. The maximum Gasteiger partial charge on any atom is 0.130 e.